The van der Waals surface area contributed by atoms with E-state index in [4.69, 9.17) is 4.74 Å². The van der Waals surface area contributed by atoms with E-state index < -0.39 is 5.82 Å². The Balaban J connectivity index is 1.84. The van der Waals surface area contributed by atoms with Crippen LogP contribution in [0.4, 0.5) is 10.1 Å². The van der Waals surface area contributed by atoms with E-state index in [9.17, 15) is 14.4 Å². The van der Waals surface area contributed by atoms with Crippen LogP contribution in [0.3, 0.4) is 0 Å². The van der Waals surface area contributed by atoms with Gasteiger partial charge in [-0.3, -0.25) is 0 Å². The Morgan fingerprint density at radius 1 is 1.14 bits per heavy atom. The molecule has 6 heteroatoms. The van der Waals surface area contributed by atoms with Crippen LogP contribution in [0.5, 0.6) is 11.6 Å². The molecule has 0 spiro atoms. The number of nitrogens with zero attached hydrogens (tertiary/aromatic N) is 2. The molecule has 0 unspecified atom stereocenters. The summed E-state index contributed by atoms with van der Waals surface area (Å²) >= 11 is 0. The van der Waals surface area contributed by atoms with Gasteiger partial charge in [0.2, 0.25) is 5.88 Å². The summed E-state index contributed by atoms with van der Waals surface area (Å²) in [4.78, 5) is 10.9. The second-order valence-electron chi connectivity index (χ2n) is 4.71. The van der Waals surface area contributed by atoms with Gasteiger partial charge >= 0.3 is 0 Å². The summed E-state index contributed by atoms with van der Waals surface area (Å²) in [6.07, 6.45) is 0. The Labute approximate surface area is 125 Å². The van der Waals surface area contributed by atoms with Gasteiger partial charge in [0.1, 0.15) is 6.61 Å². The minimum atomic E-state index is -0.445. The Morgan fingerprint density at radius 3 is 2.64 bits per heavy atom. The van der Waals surface area contributed by atoms with Crippen molar-refractivity contribution in [3.8, 4) is 11.6 Å². The molecule has 3 rings (SSSR count). The van der Waals surface area contributed by atoms with Crippen molar-refractivity contribution in [3.63, 3.8) is 0 Å². The lowest BCUT2D eigenvalue weighted by Crippen LogP contribution is -2.08. The first-order valence-electron chi connectivity index (χ1n) is 6.73. The second kappa shape index (κ2) is 5.85. The van der Waals surface area contributed by atoms with E-state index in [1.807, 2.05) is 0 Å². The Morgan fingerprint density at radius 2 is 1.86 bits per heavy atom. The molecule has 3 aromatic rings. The molecule has 1 N–H and O–H groups in total. The minimum absolute atomic E-state index is 0.00138. The van der Waals surface area contributed by atoms with E-state index in [0.717, 1.165) is 0 Å². The fourth-order valence-electron chi connectivity index (χ4n) is 2.40. The first-order chi connectivity index (χ1) is 10.7. The molecule has 0 aliphatic rings. The molecule has 1 aromatic heterocycles. The molecule has 0 radical (unpaired) electrons. The summed E-state index contributed by atoms with van der Waals surface area (Å²) in [5.74, 6) is -0.514. The molecule has 112 valence electrons. The van der Waals surface area contributed by atoms with Crippen molar-refractivity contribution in [2.75, 3.05) is 6.61 Å². The van der Waals surface area contributed by atoms with Crippen molar-refractivity contribution in [2.24, 2.45) is 5.18 Å². The molecule has 0 atom stereocenters. The monoisotopic (exact) mass is 300 g/mol. The van der Waals surface area contributed by atoms with Gasteiger partial charge in [-0.05, 0) is 23.4 Å². The number of aromatic hydroxyl groups is 1. The predicted molar refractivity (Wildman–Crippen MR) is 81.0 cm³/mol. The van der Waals surface area contributed by atoms with E-state index in [0.29, 0.717) is 10.9 Å². The highest BCUT2D eigenvalue weighted by atomic mass is 19.1. The van der Waals surface area contributed by atoms with Crippen LogP contribution in [-0.2, 0) is 6.54 Å². The van der Waals surface area contributed by atoms with E-state index >= 15 is 0 Å². The minimum Gasteiger partial charge on any atom is -0.493 e. The van der Waals surface area contributed by atoms with Crippen LogP contribution in [0.1, 0.15) is 0 Å². The molecule has 0 saturated carbocycles. The standard InChI is InChI=1S/C16H13FN2O3/c17-12-6-2-4-8-14(12)22-10-9-19-13-7-3-1-5-11(13)15(18-21)16(19)20/h1-8,20H,9-10H2. The molecule has 0 aliphatic heterocycles. The SMILES string of the molecule is O=Nc1c(O)n(CCOc2ccccc2F)c2ccccc12. The highest BCUT2D eigenvalue weighted by Gasteiger charge is 2.16. The molecule has 1 heterocycles. The normalized spacial score (nSPS) is 10.8. The lowest BCUT2D eigenvalue weighted by molar-refractivity contribution is 0.278. The van der Waals surface area contributed by atoms with Gasteiger partial charge in [0.05, 0.1) is 12.1 Å². The van der Waals surface area contributed by atoms with Gasteiger partial charge in [0, 0.05) is 5.39 Å². The van der Waals surface area contributed by atoms with E-state index in [1.54, 1.807) is 36.4 Å². The van der Waals surface area contributed by atoms with Gasteiger partial charge in [-0.25, -0.2) is 4.39 Å². The molecule has 22 heavy (non-hydrogen) atoms. The Bertz CT molecular complexity index is 829. The van der Waals surface area contributed by atoms with E-state index in [2.05, 4.69) is 5.18 Å². The van der Waals surface area contributed by atoms with Crippen LogP contribution in [0.15, 0.2) is 53.7 Å². The number of benzene rings is 2. The average molecular weight is 300 g/mol. The fourth-order valence-corrected chi connectivity index (χ4v) is 2.40. The predicted octanol–water partition coefficient (Wildman–Crippen LogP) is 3.96. The molecule has 0 amide bonds. The Hall–Kier alpha value is -2.89. The third kappa shape index (κ3) is 2.39. The van der Waals surface area contributed by atoms with Crippen molar-refractivity contribution in [2.45, 2.75) is 6.54 Å². The zero-order chi connectivity index (χ0) is 15.5. The van der Waals surface area contributed by atoms with Gasteiger partial charge in [0.15, 0.2) is 17.3 Å². The first-order valence-corrected chi connectivity index (χ1v) is 6.73. The fraction of sp³-hybridized carbons (Fsp3) is 0.125. The number of hydrogen-bond donors (Lipinski definition) is 1. The summed E-state index contributed by atoms with van der Waals surface area (Å²) in [7, 11) is 0. The third-order valence-corrected chi connectivity index (χ3v) is 3.42. The summed E-state index contributed by atoms with van der Waals surface area (Å²) in [6, 6.07) is 13.1. The summed E-state index contributed by atoms with van der Waals surface area (Å²) in [6.45, 7) is 0.404. The molecular weight excluding hydrogens is 287 g/mol. The number of fused-ring (bicyclic) bond motifs is 1. The van der Waals surface area contributed by atoms with Crippen molar-refractivity contribution in [1.29, 1.82) is 0 Å². The summed E-state index contributed by atoms with van der Waals surface area (Å²) in [5.41, 5.74) is 0.674. The molecule has 0 saturated heterocycles. The first kappa shape index (κ1) is 14.1. The number of nitroso groups, excluding NO2 is 1. The van der Waals surface area contributed by atoms with Crippen molar-refractivity contribution >= 4 is 16.6 Å². The summed E-state index contributed by atoms with van der Waals surface area (Å²) in [5, 5.41) is 13.6. The quantitative estimate of drug-likeness (QED) is 0.725. The van der Waals surface area contributed by atoms with Crippen LogP contribution in [0, 0.1) is 10.7 Å². The molecule has 2 aromatic carbocycles. The third-order valence-electron chi connectivity index (χ3n) is 3.42. The molecule has 0 bridgehead atoms. The summed E-state index contributed by atoms with van der Waals surface area (Å²) < 4.78 is 20.4. The van der Waals surface area contributed by atoms with Crippen molar-refractivity contribution < 1.29 is 14.2 Å². The maximum absolute atomic E-state index is 13.5. The number of halogens is 1. The molecule has 0 fully saturated rings. The number of para-hydroxylation sites is 2. The molecular formula is C16H13FN2O3. The molecule has 5 nitrogen and oxygen atoms in total. The van der Waals surface area contributed by atoms with Gasteiger partial charge < -0.3 is 14.4 Å². The highest BCUT2D eigenvalue weighted by molar-refractivity contribution is 5.95. The maximum atomic E-state index is 13.5. The maximum Gasteiger partial charge on any atom is 0.222 e. The molecule has 0 aliphatic carbocycles. The van der Waals surface area contributed by atoms with Crippen molar-refractivity contribution in [3.05, 3.63) is 59.3 Å². The van der Waals surface area contributed by atoms with E-state index in [1.165, 1.54) is 16.7 Å². The number of ether oxygens (including phenoxy) is 1. The highest BCUT2D eigenvalue weighted by Crippen LogP contribution is 2.38. The van der Waals surface area contributed by atoms with Crippen LogP contribution in [-0.4, -0.2) is 16.3 Å². The van der Waals surface area contributed by atoms with Crippen LogP contribution >= 0.6 is 0 Å². The second-order valence-corrected chi connectivity index (χ2v) is 4.71. The van der Waals surface area contributed by atoms with Gasteiger partial charge in [-0.15, -0.1) is 4.91 Å². The topological polar surface area (TPSA) is 63.8 Å². The van der Waals surface area contributed by atoms with Gasteiger partial charge in [0.25, 0.3) is 0 Å². The zero-order valence-electron chi connectivity index (χ0n) is 11.6. The average Bonchev–Trinajstić information content (AvgIpc) is 2.81. The van der Waals surface area contributed by atoms with Crippen LogP contribution < -0.4 is 4.74 Å². The lowest BCUT2D eigenvalue weighted by Gasteiger charge is -2.09. The number of aromatic nitrogens is 1. The van der Waals surface area contributed by atoms with Gasteiger partial charge in [-0.2, -0.15) is 0 Å². The number of hydrogen-bond acceptors (Lipinski definition) is 4. The largest absolute Gasteiger partial charge is 0.493 e. The Kier molecular flexibility index (Phi) is 3.74. The van der Waals surface area contributed by atoms with Crippen LogP contribution in [0.2, 0.25) is 0 Å². The van der Waals surface area contributed by atoms with Crippen molar-refractivity contribution in [1.82, 2.24) is 4.57 Å². The van der Waals surface area contributed by atoms with Gasteiger partial charge in [-0.1, -0.05) is 30.3 Å². The van der Waals surface area contributed by atoms with E-state index in [-0.39, 0.29) is 30.5 Å². The smallest absolute Gasteiger partial charge is 0.222 e. The zero-order valence-corrected chi connectivity index (χ0v) is 11.6. The number of rotatable bonds is 5. The van der Waals surface area contributed by atoms with Crippen LogP contribution in [0.25, 0.3) is 10.9 Å². The lowest BCUT2D eigenvalue weighted by atomic mass is 10.2.